The fourth-order valence-corrected chi connectivity index (χ4v) is 2.99. The number of benzene rings is 1. The number of carbonyl (C=O) groups is 1. The number of alkyl halides is 3. The van der Waals surface area contributed by atoms with Crippen LogP contribution in [0.1, 0.15) is 10.4 Å². The van der Waals surface area contributed by atoms with Crippen molar-refractivity contribution in [1.82, 2.24) is 14.9 Å². The highest BCUT2D eigenvalue weighted by Gasteiger charge is 2.30. The van der Waals surface area contributed by atoms with Crippen molar-refractivity contribution in [3.63, 3.8) is 0 Å². The lowest BCUT2D eigenvalue weighted by Gasteiger charge is -2.09. The average molecular weight is 393 g/mol. The molecule has 140 valence electrons. The number of rotatable bonds is 5. The van der Waals surface area contributed by atoms with E-state index in [1.54, 1.807) is 0 Å². The quantitative estimate of drug-likeness (QED) is 0.723. The number of thiophene rings is 1. The molecule has 27 heavy (non-hydrogen) atoms. The van der Waals surface area contributed by atoms with E-state index in [1.807, 2.05) is 17.5 Å². The van der Waals surface area contributed by atoms with Crippen molar-refractivity contribution < 1.29 is 18.0 Å². The molecule has 3 rings (SSSR count). The highest BCUT2D eigenvalue weighted by atomic mass is 32.1. The third-order valence-corrected chi connectivity index (χ3v) is 4.62. The molecule has 9 heteroatoms. The standard InChI is InChI=1S/C18H14F3N3O2S/c19-18(20,21)13-5-3-12(4-6-13)15-8-17(26)24(11-23-15)10-16(25)22-9-14-2-1-7-27-14/h1-8,11H,9-10H2,(H,22,25). The summed E-state index contributed by atoms with van der Waals surface area (Å²) < 4.78 is 39.0. The van der Waals surface area contributed by atoms with Crippen molar-refractivity contribution >= 4 is 17.2 Å². The minimum atomic E-state index is -4.42. The number of nitrogens with zero attached hydrogens (tertiary/aromatic N) is 2. The van der Waals surface area contributed by atoms with Crippen LogP contribution >= 0.6 is 11.3 Å². The largest absolute Gasteiger partial charge is 0.416 e. The molecule has 3 aromatic rings. The zero-order valence-electron chi connectivity index (χ0n) is 13.9. The van der Waals surface area contributed by atoms with E-state index in [-0.39, 0.29) is 18.1 Å². The minimum absolute atomic E-state index is 0.190. The van der Waals surface area contributed by atoms with E-state index in [0.29, 0.717) is 12.1 Å². The predicted octanol–water partition coefficient (Wildman–Crippen LogP) is 3.31. The van der Waals surface area contributed by atoms with Gasteiger partial charge in [-0.2, -0.15) is 13.2 Å². The summed E-state index contributed by atoms with van der Waals surface area (Å²) in [6.45, 7) is 0.187. The maximum absolute atomic E-state index is 12.6. The molecule has 2 heterocycles. The van der Waals surface area contributed by atoms with Crippen LogP contribution in [-0.2, 0) is 24.1 Å². The topological polar surface area (TPSA) is 64.0 Å². The Hall–Kier alpha value is -2.94. The molecule has 5 nitrogen and oxygen atoms in total. The second-order valence-electron chi connectivity index (χ2n) is 5.67. The third kappa shape index (κ3) is 4.82. The lowest BCUT2D eigenvalue weighted by molar-refractivity contribution is -0.137. The van der Waals surface area contributed by atoms with Crippen molar-refractivity contribution in [3.8, 4) is 11.3 Å². The van der Waals surface area contributed by atoms with Gasteiger partial charge in [0.1, 0.15) is 6.54 Å². The number of amides is 1. The molecular weight excluding hydrogens is 379 g/mol. The van der Waals surface area contributed by atoms with Crippen molar-refractivity contribution in [2.24, 2.45) is 0 Å². The van der Waals surface area contributed by atoms with Crippen molar-refractivity contribution in [2.75, 3.05) is 0 Å². The molecule has 1 amide bonds. The summed E-state index contributed by atoms with van der Waals surface area (Å²) in [5.74, 6) is -0.338. The predicted molar refractivity (Wildman–Crippen MR) is 95.1 cm³/mol. The van der Waals surface area contributed by atoms with Crippen LogP contribution in [0.25, 0.3) is 11.3 Å². The molecule has 0 aliphatic rings. The second-order valence-corrected chi connectivity index (χ2v) is 6.70. The number of carbonyl (C=O) groups excluding carboxylic acids is 1. The molecule has 2 aromatic heterocycles. The first-order valence-corrected chi connectivity index (χ1v) is 8.74. The number of hydrogen-bond donors (Lipinski definition) is 1. The Kier molecular flexibility index (Phi) is 5.41. The molecule has 1 N–H and O–H groups in total. The van der Waals surface area contributed by atoms with Gasteiger partial charge < -0.3 is 5.32 Å². The highest BCUT2D eigenvalue weighted by molar-refractivity contribution is 7.09. The third-order valence-electron chi connectivity index (χ3n) is 3.74. The average Bonchev–Trinajstić information content (AvgIpc) is 3.15. The number of aromatic nitrogens is 2. The Labute approximate surface area is 156 Å². The fourth-order valence-electron chi connectivity index (χ4n) is 2.34. The van der Waals surface area contributed by atoms with Gasteiger partial charge in [0.15, 0.2) is 0 Å². The number of halogens is 3. The van der Waals surface area contributed by atoms with Gasteiger partial charge in [-0.25, -0.2) is 4.98 Å². The van der Waals surface area contributed by atoms with Gasteiger partial charge in [0.05, 0.1) is 24.1 Å². The van der Waals surface area contributed by atoms with Crippen LogP contribution in [0.4, 0.5) is 13.2 Å². The number of hydrogen-bond acceptors (Lipinski definition) is 4. The summed E-state index contributed by atoms with van der Waals surface area (Å²) in [6, 6.07) is 9.32. The molecular formula is C18H14F3N3O2S. The van der Waals surface area contributed by atoms with E-state index in [0.717, 1.165) is 21.6 Å². The monoisotopic (exact) mass is 393 g/mol. The summed E-state index contributed by atoms with van der Waals surface area (Å²) in [4.78, 5) is 29.2. The summed E-state index contributed by atoms with van der Waals surface area (Å²) >= 11 is 1.51. The van der Waals surface area contributed by atoms with Gasteiger partial charge >= 0.3 is 6.18 Å². The molecule has 0 unspecified atom stereocenters. The summed E-state index contributed by atoms with van der Waals surface area (Å²) in [5.41, 5.74) is -0.619. The first-order valence-electron chi connectivity index (χ1n) is 7.86. The van der Waals surface area contributed by atoms with Crippen LogP contribution in [0.2, 0.25) is 0 Å². The maximum atomic E-state index is 12.6. The fraction of sp³-hybridized carbons (Fsp3) is 0.167. The summed E-state index contributed by atoms with van der Waals surface area (Å²) in [5, 5.41) is 4.60. The lowest BCUT2D eigenvalue weighted by Crippen LogP contribution is -2.31. The van der Waals surface area contributed by atoms with Crippen LogP contribution in [0.3, 0.4) is 0 Å². The van der Waals surface area contributed by atoms with Crippen molar-refractivity contribution in [1.29, 1.82) is 0 Å². The van der Waals surface area contributed by atoms with Gasteiger partial charge in [0.25, 0.3) is 5.56 Å². The Morgan fingerprint density at radius 2 is 1.93 bits per heavy atom. The molecule has 0 saturated carbocycles. The molecule has 0 spiro atoms. The van der Waals surface area contributed by atoms with Crippen LogP contribution in [0.15, 0.2) is 59.0 Å². The maximum Gasteiger partial charge on any atom is 0.416 e. The molecule has 0 atom stereocenters. The van der Waals surface area contributed by atoms with Crippen molar-refractivity contribution in [3.05, 3.63) is 75.0 Å². The second kappa shape index (κ2) is 7.75. The SMILES string of the molecule is O=C(Cn1cnc(-c2ccc(C(F)(F)F)cc2)cc1=O)NCc1cccs1. The van der Waals surface area contributed by atoms with Gasteiger partial charge in [0.2, 0.25) is 5.91 Å². The van der Waals surface area contributed by atoms with E-state index in [2.05, 4.69) is 10.3 Å². The molecule has 0 radical (unpaired) electrons. The van der Waals surface area contributed by atoms with E-state index in [4.69, 9.17) is 0 Å². The van der Waals surface area contributed by atoms with Gasteiger partial charge in [-0.05, 0) is 23.6 Å². The van der Waals surface area contributed by atoms with Crippen LogP contribution in [0.5, 0.6) is 0 Å². The zero-order valence-corrected chi connectivity index (χ0v) is 14.7. The van der Waals surface area contributed by atoms with E-state index >= 15 is 0 Å². The first kappa shape index (κ1) is 18.8. The minimum Gasteiger partial charge on any atom is -0.350 e. The summed E-state index contributed by atoms with van der Waals surface area (Å²) in [6.07, 6.45) is -3.22. The number of nitrogens with one attached hydrogen (secondary N) is 1. The Balaban J connectivity index is 1.68. The van der Waals surface area contributed by atoms with Crippen LogP contribution < -0.4 is 10.9 Å². The van der Waals surface area contributed by atoms with E-state index < -0.39 is 17.3 Å². The molecule has 1 aromatic carbocycles. The molecule has 0 saturated heterocycles. The Morgan fingerprint density at radius 3 is 2.52 bits per heavy atom. The summed E-state index contributed by atoms with van der Waals surface area (Å²) in [7, 11) is 0. The molecule has 0 aliphatic carbocycles. The first-order chi connectivity index (χ1) is 12.8. The Bertz CT molecular complexity index is 980. The molecule has 0 bridgehead atoms. The van der Waals surface area contributed by atoms with Gasteiger partial charge in [-0.3, -0.25) is 14.2 Å². The van der Waals surface area contributed by atoms with Crippen LogP contribution in [-0.4, -0.2) is 15.5 Å². The van der Waals surface area contributed by atoms with Gasteiger partial charge in [-0.1, -0.05) is 18.2 Å². The lowest BCUT2D eigenvalue weighted by atomic mass is 10.1. The van der Waals surface area contributed by atoms with E-state index in [9.17, 15) is 22.8 Å². The van der Waals surface area contributed by atoms with Crippen LogP contribution in [0, 0.1) is 0 Å². The van der Waals surface area contributed by atoms with Gasteiger partial charge in [0, 0.05) is 16.5 Å². The Morgan fingerprint density at radius 1 is 1.19 bits per heavy atom. The smallest absolute Gasteiger partial charge is 0.350 e. The van der Waals surface area contributed by atoms with Gasteiger partial charge in [-0.15, -0.1) is 11.3 Å². The zero-order chi connectivity index (χ0) is 19.4. The normalized spacial score (nSPS) is 11.4. The molecule has 0 fully saturated rings. The highest BCUT2D eigenvalue weighted by Crippen LogP contribution is 2.30. The van der Waals surface area contributed by atoms with E-state index in [1.165, 1.54) is 35.9 Å². The molecule has 0 aliphatic heterocycles. The van der Waals surface area contributed by atoms with Crippen molar-refractivity contribution in [2.45, 2.75) is 19.3 Å².